The molecule has 0 saturated heterocycles. The summed E-state index contributed by atoms with van der Waals surface area (Å²) in [5.41, 5.74) is 1.47. The molecule has 29 heavy (non-hydrogen) atoms. The largest absolute Gasteiger partial charge is 0.314 e. The highest BCUT2D eigenvalue weighted by Gasteiger charge is 2.01. The van der Waals surface area contributed by atoms with Crippen molar-refractivity contribution < 1.29 is 5.21 Å². The first-order valence-electron chi connectivity index (χ1n) is 13.3. The third kappa shape index (κ3) is 23.8. The van der Waals surface area contributed by atoms with Gasteiger partial charge in [-0.05, 0) is 38.5 Å². The number of unbranched alkanes of at least 4 members (excludes halogenated alkanes) is 16. The molecule has 0 aromatic carbocycles. The summed E-state index contributed by atoms with van der Waals surface area (Å²) in [7, 11) is 0. The molecule has 174 valence electrons. The fourth-order valence-corrected chi connectivity index (χ4v) is 4.02. The van der Waals surface area contributed by atoms with Crippen molar-refractivity contribution in [1.82, 2.24) is 5.06 Å². The predicted octanol–water partition coefficient (Wildman–Crippen LogP) is 9.47. The van der Waals surface area contributed by atoms with Gasteiger partial charge in [0.1, 0.15) is 0 Å². The maximum Gasteiger partial charge on any atom is 0.0238 e. The van der Waals surface area contributed by atoms with Gasteiger partial charge in [0.25, 0.3) is 0 Å². The Bertz CT molecular complexity index is 328. The van der Waals surface area contributed by atoms with Crippen molar-refractivity contribution in [3.63, 3.8) is 0 Å². The third-order valence-electron chi connectivity index (χ3n) is 6.10. The molecule has 0 radical (unpaired) electrons. The first kappa shape index (κ1) is 28.7. The van der Waals surface area contributed by atoms with Crippen molar-refractivity contribution in [3.05, 3.63) is 12.2 Å². The molecule has 0 aromatic rings. The van der Waals surface area contributed by atoms with Gasteiger partial charge in [-0.15, -0.1) is 0 Å². The van der Waals surface area contributed by atoms with E-state index in [9.17, 15) is 5.21 Å². The molecule has 2 nitrogen and oxygen atoms in total. The zero-order valence-corrected chi connectivity index (χ0v) is 20.4. The second-order valence-corrected chi connectivity index (χ2v) is 9.21. The topological polar surface area (TPSA) is 23.5 Å². The first-order valence-corrected chi connectivity index (χ1v) is 13.3. The molecule has 0 aliphatic carbocycles. The molecule has 2 heteroatoms. The van der Waals surface area contributed by atoms with E-state index < -0.39 is 0 Å². The summed E-state index contributed by atoms with van der Waals surface area (Å²) in [6, 6.07) is 0. The standard InChI is InChI=1S/C27H55NO/c1-4-6-8-10-12-13-15-19-23-27(3)24-20-16-14-18-22-26-28(29)25-21-17-11-9-7-5-2/h29H,3-26H2,1-2H3. The number of hydroxylamine groups is 2. The lowest BCUT2D eigenvalue weighted by Crippen LogP contribution is -2.21. The van der Waals surface area contributed by atoms with Crippen molar-refractivity contribution in [2.45, 2.75) is 149 Å². The fraction of sp³-hybridized carbons (Fsp3) is 0.926. The average Bonchev–Trinajstić information content (AvgIpc) is 2.71. The summed E-state index contributed by atoms with van der Waals surface area (Å²) in [6.07, 6.45) is 27.7. The van der Waals surface area contributed by atoms with E-state index in [0.29, 0.717) is 0 Å². The van der Waals surface area contributed by atoms with Gasteiger partial charge in [-0.25, -0.2) is 0 Å². The summed E-state index contributed by atoms with van der Waals surface area (Å²) in [5, 5.41) is 11.5. The molecule has 0 fully saturated rings. The maximum atomic E-state index is 9.92. The van der Waals surface area contributed by atoms with Gasteiger partial charge in [0.15, 0.2) is 0 Å². The molecule has 0 amide bonds. The van der Waals surface area contributed by atoms with E-state index in [1.165, 1.54) is 128 Å². The second-order valence-electron chi connectivity index (χ2n) is 9.21. The lowest BCUT2D eigenvalue weighted by molar-refractivity contribution is -0.0925. The van der Waals surface area contributed by atoms with Crippen LogP contribution in [0.2, 0.25) is 0 Å². The Labute approximate surface area is 184 Å². The van der Waals surface area contributed by atoms with Gasteiger partial charge in [-0.2, -0.15) is 5.06 Å². The molecule has 0 unspecified atom stereocenters. The SMILES string of the molecule is C=C(CCCCCCCCCC)CCCCCCCN(O)CCCCCCCC. The Morgan fingerprint density at radius 3 is 1.21 bits per heavy atom. The first-order chi connectivity index (χ1) is 14.2. The minimum atomic E-state index is 0.847. The number of hydrogen-bond acceptors (Lipinski definition) is 2. The van der Waals surface area contributed by atoms with Crippen molar-refractivity contribution in [2.75, 3.05) is 13.1 Å². The highest BCUT2D eigenvalue weighted by molar-refractivity contribution is 4.93. The number of hydrogen-bond donors (Lipinski definition) is 1. The third-order valence-corrected chi connectivity index (χ3v) is 6.10. The summed E-state index contributed by atoms with van der Waals surface area (Å²) < 4.78 is 0. The predicted molar refractivity (Wildman–Crippen MR) is 131 cm³/mol. The number of rotatable bonds is 24. The van der Waals surface area contributed by atoms with Gasteiger partial charge in [0.05, 0.1) is 0 Å². The Hall–Kier alpha value is -0.340. The molecule has 0 spiro atoms. The smallest absolute Gasteiger partial charge is 0.0238 e. The molecular formula is C27H55NO. The minimum absolute atomic E-state index is 0.847. The molecule has 0 bridgehead atoms. The van der Waals surface area contributed by atoms with E-state index in [4.69, 9.17) is 0 Å². The van der Waals surface area contributed by atoms with Gasteiger partial charge in [-0.1, -0.05) is 122 Å². The molecule has 0 aliphatic rings. The van der Waals surface area contributed by atoms with Crippen LogP contribution in [0.5, 0.6) is 0 Å². The van der Waals surface area contributed by atoms with Crippen LogP contribution in [0.1, 0.15) is 149 Å². The van der Waals surface area contributed by atoms with E-state index in [0.717, 1.165) is 25.9 Å². The number of allylic oxidation sites excluding steroid dienone is 1. The highest BCUT2D eigenvalue weighted by Crippen LogP contribution is 2.17. The summed E-state index contributed by atoms with van der Waals surface area (Å²) >= 11 is 0. The van der Waals surface area contributed by atoms with Crippen molar-refractivity contribution in [1.29, 1.82) is 0 Å². The lowest BCUT2D eigenvalue weighted by atomic mass is 10.0. The van der Waals surface area contributed by atoms with Crippen LogP contribution in [0.15, 0.2) is 12.2 Å². The van der Waals surface area contributed by atoms with E-state index >= 15 is 0 Å². The van der Waals surface area contributed by atoms with Crippen LogP contribution in [0, 0.1) is 0 Å². The zero-order valence-electron chi connectivity index (χ0n) is 20.4. The summed E-state index contributed by atoms with van der Waals surface area (Å²) in [6.45, 7) is 10.5. The molecule has 0 atom stereocenters. The summed E-state index contributed by atoms with van der Waals surface area (Å²) in [4.78, 5) is 0. The Morgan fingerprint density at radius 2 is 0.828 bits per heavy atom. The monoisotopic (exact) mass is 409 g/mol. The van der Waals surface area contributed by atoms with Crippen LogP contribution >= 0.6 is 0 Å². The van der Waals surface area contributed by atoms with E-state index in [1.54, 1.807) is 5.06 Å². The van der Waals surface area contributed by atoms with Crippen LogP contribution < -0.4 is 0 Å². The van der Waals surface area contributed by atoms with Crippen LogP contribution in [0.3, 0.4) is 0 Å². The number of nitrogens with zero attached hydrogens (tertiary/aromatic N) is 1. The molecule has 0 heterocycles. The van der Waals surface area contributed by atoms with Crippen LogP contribution in [0.25, 0.3) is 0 Å². The van der Waals surface area contributed by atoms with Gasteiger partial charge in [0.2, 0.25) is 0 Å². The van der Waals surface area contributed by atoms with E-state index in [-0.39, 0.29) is 0 Å². The highest BCUT2D eigenvalue weighted by atomic mass is 16.5. The zero-order chi connectivity index (χ0) is 21.4. The Kier molecular flexibility index (Phi) is 23.7. The van der Waals surface area contributed by atoms with Gasteiger partial charge < -0.3 is 5.21 Å². The van der Waals surface area contributed by atoms with Crippen molar-refractivity contribution in [3.8, 4) is 0 Å². The quantitative estimate of drug-likeness (QED) is 0.0974. The lowest BCUT2D eigenvalue weighted by Gasteiger charge is -2.14. The van der Waals surface area contributed by atoms with Crippen LogP contribution in [0.4, 0.5) is 0 Å². The van der Waals surface area contributed by atoms with E-state index in [1.807, 2.05) is 0 Å². The molecule has 1 N–H and O–H groups in total. The molecule has 0 aliphatic heterocycles. The molecule has 0 aromatic heterocycles. The van der Waals surface area contributed by atoms with Gasteiger partial charge >= 0.3 is 0 Å². The maximum absolute atomic E-state index is 9.92. The molecule has 0 rings (SSSR count). The van der Waals surface area contributed by atoms with E-state index in [2.05, 4.69) is 20.4 Å². The average molecular weight is 410 g/mol. The Morgan fingerprint density at radius 1 is 0.517 bits per heavy atom. The normalized spacial score (nSPS) is 11.4. The van der Waals surface area contributed by atoms with Crippen molar-refractivity contribution in [2.24, 2.45) is 0 Å². The van der Waals surface area contributed by atoms with Gasteiger partial charge in [-0.3, -0.25) is 0 Å². The summed E-state index contributed by atoms with van der Waals surface area (Å²) in [5.74, 6) is 0. The molecule has 0 saturated carbocycles. The fourth-order valence-electron chi connectivity index (χ4n) is 4.02. The molecular weight excluding hydrogens is 354 g/mol. The van der Waals surface area contributed by atoms with Crippen LogP contribution in [-0.2, 0) is 0 Å². The second kappa shape index (κ2) is 23.9. The van der Waals surface area contributed by atoms with Crippen LogP contribution in [-0.4, -0.2) is 23.4 Å². The van der Waals surface area contributed by atoms with Gasteiger partial charge in [0, 0.05) is 13.1 Å². The Balaban J connectivity index is 3.25. The van der Waals surface area contributed by atoms with Crippen molar-refractivity contribution >= 4 is 0 Å². The minimum Gasteiger partial charge on any atom is -0.314 e.